The highest BCUT2D eigenvalue weighted by atomic mass is 16.2. The lowest BCUT2D eigenvalue weighted by Crippen LogP contribution is -2.46. The molecule has 0 bridgehead atoms. The quantitative estimate of drug-likeness (QED) is 0.584. The van der Waals surface area contributed by atoms with E-state index in [4.69, 9.17) is 0 Å². The number of anilines is 3. The summed E-state index contributed by atoms with van der Waals surface area (Å²) in [6.07, 6.45) is 1.57. The molecule has 8 nitrogen and oxygen atoms in total. The minimum Gasteiger partial charge on any atom is -0.356 e. The largest absolute Gasteiger partial charge is 0.356 e. The van der Waals surface area contributed by atoms with E-state index in [9.17, 15) is 14.4 Å². The summed E-state index contributed by atoms with van der Waals surface area (Å²) >= 11 is 0. The first kappa shape index (κ1) is 22.1. The SMILES string of the molecule is CCNC(=O)C1CCCN(C(=O)Nc2cccc(NC(=O)Nc3ccc(C)cc3)c2)C1. The third kappa shape index (κ3) is 6.47. The number of hydrogen-bond donors (Lipinski definition) is 4. The second-order valence-corrected chi connectivity index (χ2v) is 7.64. The number of piperidine rings is 1. The number of benzene rings is 2. The van der Waals surface area contributed by atoms with Crippen molar-refractivity contribution in [2.75, 3.05) is 35.6 Å². The fraction of sp³-hybridized carbons (Fsp3) is 0.348. The molecule has 1 unspecified atom stereocenters. The second-order valence-electron chi connectivity index (χ2n) is 7.64. The Hall–Kier alpha value is -3.55. The lowest BCUT2D eigenvalue weighted by atomic mass is 9.97. The van der Waals surface area contributed by atoms with Crippen LogP contribution in [0.5, 0.6) is 0 Å². The molecule has 1 saturated heterocycles. The minimum atomic E-state index is -0.367. The van der Waals surface area contributed by atoms with Crippen LogP contribution >= 0.6 is 0 Å². The zero-order valence-electron chi connectivity index (χ0n) is 17.9. The minimum absolute atomic E-state index is 0.00853. The molecule has 0 aliphatic carbocycles. The predicted molar refractivity (Wildman–Crippen MR) is 122 cm³/mol. The fourth-order valence-corrected chi connectivity index (χ4v) is 3.50. The highest BCUT2D eigenvalue weighted by molar-refractivity contribution is 6.00. The van der Waals surface area contributed by atoms with E-state index in [1.165, 1.54) is 0 Å². The molecule has 1 fully saturated rings. The normalized spacial score (nSPS) is 15.7. The summed E-state index contributed by atoms with van der Waals surface area (Å²) in [6.45, 7) is 5.45. The molecule has 1 aliphatic rings. The van der Waals surface area contributed by atoms with Gasteiger partial charge in [-0.05, 0) is 57.0 Å². The molecule has 1 aliphatic heterocycles. The number of rotatable bonds is 5. The molecular weight excluding hydrogens is 394 g/mol. The lowest BCUT2D eigenvalue weighted by Gasteiger charge is -2.32. The van der Waals surface area contributed by atoms with Gasteiger partial charge >= 0.3 is 12.1 Å². The maximum Gasteiger partial charge on any atom is 0.323 e. The number of nitrogens with one attached hydrogen (secondary N) is 4. The number of urea groups is 2. The van der Waals surface area contributed by atoms with Crippen LogP contribution in [-0.2, 0) is 4.79 Å². The van der Waals surface area contributed by atoms with Crippen LogP contribution in [0.3, 0.4) is 0 Å². The number of carbonyl (C=O) groups excluding carboxylic acids is 3. The molecule has 1 heterocycles. The Morgan fingerprint density at radius 2 is 1.65 bits per heavy atom. The molecule has 1 atom stereocenters. The summed E-state index contributed by atoms with van der Waals surface area (Å²) in [5.41, 5.74) is 2.93. The first-order chi connectivity index (χ1) is 14.9. The number of aryl methyl sites for hydroxylation is 1. The maximum atomic E-state index is 12.7. The first-order valence-electron chi connectivity index (χ1n) is 10.5. The molecule has 0 radical (unpaired) electrons. The van der Waals surface area contributed by atoms with Crippen molar-refractivity contribution in [1.29, 1.82) is 0 Å². The van der Waals surface area contributed by atoms with Crippen LogP contribution in [0, 0.1) is 12.8 Å². The van der Waals surface area contributed by atoms with E-state index in [0.717, 1.165) is 18.4 Å². The number of hydrogen-bond acceptors (Lipinski definition) is 3. The van der Waals surface area contributed by atoms with E-state index in [2.05, 4.69) is 21.3 Å². The number of carbonyl (C=O) groups is 3. The third-order valence-corrected chi connectivity index (χ3v) is 5.11. The van der Waals surface area contributed by atoms with Gasteiger partial charge in [0.15, 0.2) is 0 Å². The zero-order chi connectivity index (χ0) is 22.2. The zero-order valence-corrected chi connectivity index (χ0v) is 17.9. The second kappa shape index (κ2) is 10.5. The Kier molecular flexibility index (Phi) is 7.48. The third-order valence-electron chi connectivity index (χ3n) is 5.11. The van der Waals surface area contributed by atoms with Gasteiger partial charge in [-0.25, -0.2) is 9.59 Å². The lowest BCUT2D eigenvalue weighted by molar-refractivity contribution is -0.126. The molecule has 0 saturated carbocycles. The average molecular weight is 424 g/mol. The number of likely N-dealkylation sites (tertiary alicyclic amines) is 1. The Bertz CT molecular complexity index is 929. The summed E-state index contributed by atoms with van der Waals surface area (Å²) in [6, 6.07) is 13.8. The van der Waals surface area contributed by atoms with Crippen LogP contribution in [0.25, 0.3) is 0 Å². The standard InChI is InChI=1S/C23H29N5O3/c1-3-24-21(29)17-6-5-13-28(15-17)23(31)27-20-8-4-7-19(14-20)26-22(30)25-18-11-9-16(2)10-12-18/h4,7-12,14,17H,3,5-6,13,15H2,1-2H3,(H,24,29)(H,27,31)(H2,25,26,30). The average Bonchev–Trinajstić information content (AvgIpc) is 2.76. The van der Waals surface area contributed by atoms with Crippen molar-refractivity contribution in [3.63, 3.8) is 0 Å². The van der Waals surface area contributed by atoms with Crippen molar-refractivity contribution in [2.45, 2.75) is 26.7 Å². The van der Waals surface area contributed by atoms with E-state index in [0.29, 0.717) is 36.7 Å². The first-order valence-corrected chi connectivity index (χ1v) is 10.5. The van der Waals surface area contributed by atoms with Crippen LogP contribution in [-0.4, -0.2) is 42.5 Å². The molecule has 5 amide bonds. The van der Waals surface area contributed by atoms with Gasteiger partial charge in [-0.15, -0.1) is 0 Å². The number of nitrogens with zero attached hydrogens (tertiary/aromatic N) is 1. The smallest absolute Gasteiger partial charge is 0.323 e. The van der Waals surface area contributed by atoms with Crippen LogP contribution in [0.4, 0.5) is 26.7 Å². The Morgan fingerprint density at radius 3 is 2.35 bits per heavy atom. The van der Waals surface area contributed by atoms with Crippen molar-refractivity contribution in [3.8, 4) is 0 Å². The molecule has 4 N–H and O–H groups in total. The molecule has 3 rings (SSSR count). The van der Waals surface area contributed by atoms with E-state index >= 15 is 0 Å². The van der Waals surface area contributed by atoms with Crippen molar-refractivity contribution in [2.24, 2.45) is 5.92 Å². The molecule has 164 valence electrons. The van der Waals surface area contributed by atoms with Gasteiger partial charge in [0.1, 0.15) is 0 Å². The molecule has 0 aromatic heterocycles. The molecule has 8 heteroatoms. The van der Waals surface area contributed by atoms with Crippen molar-refractivity contribution >= 4 is 35.0 Å². The van der Waals surface area contributed by atoms with Crippen molar-refractivity contribution in [1.82, 2.24) is 10.2 Å². The summed E-state index contributed by atoms with van der Waals surface area (Å²) in [4.78, 5) is 38.7. The molecule has 31 heavy (non-hydrogen) atoms. The van der Waals surface area contributed by atoms with Gasteiger partial charge < -0.3 is 26.2 Å². The van der Waals surface area contributed by atoms with E-state index in [-0.39, 0.29) is 23.9 Å². The Labute approximate surface area is 182 Å². The Morgan fingerprint density at radius 1 is 0.968 bits per heavy atom. The summed E-state index contributed by atoms with van der Waals surface area (Å²) < 4.78 is 0. The van der Waals surface area contributed by atoms with Crippen LogP contribution in [0.15, 0.2) is 48.5 Å². The van der Waals surface area contributed by atoms with Crippen molar-refractivity contribution in [3.05, 3.63) is 54.1 Å². The van der Waals surface area contributed by atoms with Crippen LogP contribution in [0.1, 0.15) is 25.3 Å². The maximum absolute atomic E-state index is 12.7. The van der Waals surface area contributed by atoms with E-state index in [1.807, 2.05) is 38.1 Å². The summed E-state index contributed by atoms with van der Waals surface area (Å²) in [5, 5.41) is 11.2. The summed E-state index contributed by atoms with van der Waals surface area (Å²) in [5.74, 6) is -0.191. The highest BCUT2D eigenvalue weighted by Gasteiger charge is 2.28. The van der Waals surface area contributed by atoms with Crippen LogP contribution in [0.2, 0.25) is 0 Å². The van der Waals surface area contributed by atoms with Gasteiger partial charge in [-0.2, -0.15) is 0 Å². The topological polar surface area (TPSA) is 103 Å². The Balaban J connectivity index is 1.55. The van der Waals surface area contributed by atoms with Crippen molar-refractivity contribution < 1.29 is 14.4 Å². The highest BCUT2D eigenvalue weighted by Crippen LogP contribution is 2.20. The van der Waals surface area contributed by atoms with E-state index < -0.39 is 0 Å². The van der Waals surface area contributed by atoms with Gasteiger partial charge in [0.05, 0.1) is 5.92 Å². The molecular formula is C23H29N5O3. The summed E-state index contributed by atoms with van der Waals surface area (Å²) in [7, 11) is 0. The number of amides is 5. The van der Waals surface area contributed by atoms with Gasteiger partial charge in [0.25, 0.3) is 0 Å². The molecule has 0 spiro atoms. The van der Waals surface area contributed by atoms with Gasteiger partial charge in [0, 0.05) is 36.7 Å². The fourth-order valence-electron chi connectivity index (χ4n) is 3.50. The molecule has 2 aromatic rings. The van der Waals surface area contributed by atoms with Crippen LogP contribution < -0.4 is 21.3 Å². The van der Waals surface area contributed by atoms with Gasteiger partial charge in [0.2, 0.25) is 5.91 Å². The monoisotopic (exact) mass is 423 g/mol. The van der Waals surface area contributed by atoms with E-state index in [1.54, 1.807) is 29.2 Å². The molecule has 2 aromatic carbocycles. The van der Waals surface area contributed by atoms with Gasteiger partial charge in [-0.1, -0.05) is 23.8 Å². The predicted octanol–water partition coefficient (Wildman–Crippen LogP) is 4.02. The van der Waals surface area contributed by atoms with Gasteiger partial charge in [-0.3, -0.25) is 4.79 Å².